The van der Waals surface area contributed by atoms with Crippen LogP contribution in [0, 0.1) is 0 Å². The van der Waals surface area contributed by atoms with Crippen LogP contribution in [0.1, 0.15) is 36.9 Å². The predicted molar refractivity (Wildman–Crippen MR) is 97.3 cm³/mol. The number of carbonyl (C=O) groups is 1. The third-order valence-electron chi connectivity index (χ3n) is 5.35. The van der Waals surface area contributed by atoms with E-state index in [1.165, 1.54) is 18.4 Å². The molecule has 1 heterocycles. The van der Waals surface area contributed by atoms with E-state index in [-0.39, 0.29) is 17.7 Å². The standard InChI is InChI=1S/C21H22N2O2/c24-20(14-18-17-10-4-5-11-19(17)25-23-18)22-15-21(12-6-7-13-21)16-8-2-1-3-9-16/h1-5,8-11H,6-7,12-15H2,(H,22,24). The van der Waals surface area contributed by atoms with E-state index in [1.807, 2.05) is 30.3 Å². The third kappa shape index (κ3) is 3.16. The molecule has 0 bridgehead atoms. The lowest BCUT2D eigenvalue weighted by Crippen LogP contribution is -2.39. The van der Waals surface area contributed by atoms with Gasteiger partial charge in [0.1, 0.15) is 5.69 Å². The molecule has 1 aliphatic carbocycles. The molecule has 1 fully saturated rings. The van der Waals surface area contributed by atoms with Gasteiger partial charge in [-0.1, -0.05) is 60.5 Å². The summed E-state index contributed by atoms with van der Waals surface area (Å²) in [4.78, 5) is 12.5. The number of hydrogen-bond acceptors (Lipinski definition) is 3. The number of nitrogens with one attached hydrogen (secondary N) is 1. The van der Waals surface area contributed by atoms with E-state index in [1.54, 1.807) is 0 Å². The first kappa shape index (κ1) is 15.9. The van der Waals surface area contributed by atoms with Gasteiger partial charge in [0, 0.05) is 17.3 Å². The molecule has 4 heteroatoms. The maximum absolute atomic E-state index is 12.5. The Labute approximate surface area is 147 Å². The number of fused-ring (bicyclic) bond motifs is 1. The molecule has 1 aliphatic rings. The highest BCUT2D eigenvalue weighted by atomic mass is 16.5. The number of aromatic nitrogens is 1. The van der Waals surface area contributed by atoms with Crippen LogP contribution in [0.4, 0.5) is 0 Å². The molecule has 128 valence electrons. The van der Waals surface area contributed by atoms with Crippen LogP contribution in [0.5, 0.6) is 0 Å². The molecule has 4 nitrogen and oxygen atoms in total. The summed E-state index contributed by atoms with van der Waals surface area (Å²) in [7, 11) is 0. The van der Waals surface area contributed by atoms with Crippen molar-refractivity contribution >= 4 is 16.9 Å². The zero-order valence-electron chi connectivity index (χ0n) is 14.2. The molecule has 1 amide bonds. The second kappa shape index (κ2) is 6.71. The molecule has 0 saturated heterocycles. The van der Waals surface area contributed by atoms with Crippen molar-refractivity contribution in [1.82, 2.24) is 10.5 Å². The second-order valence-corrected chi connectivity index (χ2v) is 6.93. The fourth-order valence-corrected chi connectivity index (χ4v) is 3.96. The molecule has 1 aromatic heterocycles. The lowest BCUT2D eigenvalue weighted by Gasteiger charge is -2.30. The van der Waals surface area contributed by atoms with Crippen molar-refractivity contribution in [3.8, 4) is 0 Å². The van der Waals surface area contributed by atoms with E-state index in [9.17, 15) is 4.79 Å². The van der Waals surface area contributed by atoms with Crippen LogP contribution in [0.25, 0.3) is 11.0 Å². The number of para-hydroxylation sites is 1. The van der Waals surface area contributed by atoms with Crippen LogP contribution in [0.2, 0.25) is 0 Å². The van der Waals surface area contributed by atoms with E-state index in [0.29, 0.717) is 12.2 Å². The first-order valence-electron chi connectivity index (χ1n) is 8.92. The molecular formula is C21H22N2O2. The van der Waals surface area contributed by atoms with Gasteiger partial charge in [-0.2, -0.15) is 0 Å². The maximum atomic E-state index is 12.5. The van der Waals surface area contributed by atoms with E-state index in [0.717, 1.165) is 23.8 Å². The van der Waals surface area contributed by atoms with Crippen molar-refractivity contribution in [2.24, 2.45) is 0 Å². The Morgan fingerprint density at radius 3 is 2.56 bits per heavy atom. The molecule has 0 spiro atoms. The van der Waals surface area contributed by atoms with Crippen LogP contribution in [-0.2, 0) is 16.6 Å². The van der Waals surface area contributed by atoms with Crippen LogP contribution in [-0.4, -0.2) is 17.6 Å². The maximum Gasteiger partial charge on any atom is 0.226 e. The highest BCUT2D eigenvalue weighted by Gasteiger charge is 2.35. The SMILES string of the molecule is O=C(Cc1noc2ccccc12)NCC1(c2ccccc2)CCCC1. The van der Waals surface area contributed by atoms with Gasteiger partial charge < -0.3 is 9.84 Å². The smallest absolute Gasteiger partial charge is 0.226 e. The Morgan fingerprint density at radius 2 is 1.76 bits per heavy atom. The molecule has 4 rings (SSSR count). The van der Waals surface area contributed by atoms with Crippen molar-refractivity contribution in [3.63, 3.8) is 0 Å². The number of nitrogens with zero attached hydrogens (tertiary/aromatic N) is 1. The minimum absolute atomic E-state index is 0.00117. The Morgan fingerprint density at radius 1 is 1.04 bits per heavy atom. The van der Waals surface area contributed by atoms with Gasteiger partial charge in [-0.3, -0.25) is 4.79 Å². The van der Waals surface area contributed by atoms with Crippen molar-refractivity contribution in [2.75, 3.05) is 6.54 Å². The monoisotopic (exact) mass is 334 g/mol. The third-order valence-corrected chi connectivity index (χ3v) is 5.35. The summed E-state index contributed by atoms with van der Waals surface area (Å²) in [6.45, 7) is 0.686. The number of hydrogen-bond donors (Lipinski definition) is 1. The summed E-state index contributed by atoms with van der Waals surface area (Å²) < 4.78 is 5.29. The van der Waals surface area contributed by atoms with Gasteiger partial charge in [0.15, 0.2) is 5.58 Å². The molecule has 25 heavy (non-hydrogen) atoms. The number of rotatable bonds is 5. The molecule has 0 radical (unpaired) electrons. The zero-order valence-corrected chi connectivity index (χ0v) is 14.2. The van der Waals surface area contributed by atoms with E-state index < -0.39 is 0 Å². The average molecular weight is 334 g/mol. The second-order valence-electron chi connectivity index (χ2n) is 6.93. The normalized spacial score (nSPS) is 16.2. The molecule has 3 aromatic rings. The summed E-state index contributed by atoms with van der Waals surface area (Å²) in [6.07, 6.45) is 4.95. The fourth-order valence-electron chi connectivity index (χ4n) is 3.96. The molecule has 2 aromatic carbocycles. The molecule has 1 N–H and O–H groups in total. The van der Waals surface area contributed by atoms with E-state index >= 15 is 0 Å². The van der Waals surface area contributed by atoms with E-state index in [4.69, 9.17) is 4.52 Å². The van der Waals surface area contributed by atoms with Gasteiger partial charge in [0.05, 0.1) is 6.42 Å². The topological polar surface area (TPSA) is 55.1 Å². The fraction of sp³-hybridized carbons (Fsp3) is 0.333. The highest BCUT2D eigenvalue weighted by molar-refractivity contribution is 5.86. The summed E-state index contributed by atoms with van der Waals surface area (Å²) >= 11 is 0. The number of carbonyl (C=O) groups excluding carboxylic acids is 1. The van der Waals surface area contributed by atoms with Gasteiger partial charge in [0.25, 0.3) is 0 Å². The summed E-state index contributed by atoms with van der Waals surface area (Å²) in [5, 5.41) is 8.11. The zero-order chi connectivity index (χ0) is 17.1. The van der Waals surface area contributed by atoms with Crippen LogP contribution >= 0.6 is 0 Å². The predicted octanol–water partition coefficient (Wildman–Crippen LogP) is 4.00. The van der Waals surface area contributed by atoms with Gasteiger partial charge in [0.2, 0.25) is 5.91 Å². The minimum Gasteiger partial charge on any atom is -0.356 e. The largest absolute Gasteiger partial charge is 0.356 e. The number of benzene rings is 2. The Bertz CT molecular complexity index is 864. The van der Waals surface area contributed by atoms with E-state index in [2.05, 4.69) is 34.7 Å². The quantitative estimate of drug-likeness (QED) is 0.767. The Kier molecular flexibility index (Phi) is 4.26. The van der Waals surface area contributed by atoms with Crippen molar-refractivity contribution < 1.29 is 9.32 Å². The first-order chi connectivity index (χ1) is 12.3. The summed E-state index contributed by atoms with van der Waals surface area (Å²) in [5.41, 5.74) is 2.83. The lowest BCUT2D eigenvalue weighted by atomic mass is 9.79. The van der Waals surface area contributed by atoms with Crippen molar-refractivity contribution in [2.45, 2.75) is 37.5 Å². The van der Waals surface area contributed by atoms with Gasteiger partial charge in [-0.05, 0) is 30.5 Å². The van der Waals surface area contributed by atoms with Gasteiger partial charge >= 0.3 is 0 Å². The lowest BCUT2D eigenvalue weighted by molar-refractivity contribution is -0.120. The minimum atomic E-state index is 0.00117. The highest BCUT2D eigenvalue weighted by Crippen LogP contribution is 2.40. The first-order valence-corrected chi connectivity index (χ1v) is 8.92. The van der Waals surface area contributed by atoms with Crippen molar-refractivity contribution in [3.05, 3.63) is 65.9 Å². The van der Waals surface area contributed by atoms with Crippen LogP contribution in [0.15, 0.2) is 59.1 Å². The molecule has 1 saturated carbocycles. The molecule has 0 atom stereocenters. The van der Waals surface area contributed by atoms with Crippen LogP contribution < -0.4 is 5.32 Å². The molecule has 0 aliphatic heterocycles. The number of amides is 1. The van der Waals surface area contributed by atoms with Crippen molar-refractivity contribution in [1.29, 1.82) is 0 Å². The molecular weight excluding hydrogens is 312 g/mol. The summed E-state index contributed by atoms with van der Waals surface area (Å²) in [5.74, 6) is 0.00117. The summed E-state index contributed by atoms with van der Waals surface area (Å²) in [6, 6.07) is 18.2. The molecule has 0 unspecified atom stereocenters. The van der Waals surface area contributed by atoms with Gasteiger partial charge in [-0.25, -0.2) is 0 Å². The average Bonchev–Trinajstić information content (AvgIpc) is 3.29. The Hall–Kier alpha value is -2.62. The van der Waals surface area contributed by atoms with Gasteiger partial charge in [-0.15, -0.1) is 0 Å². The van der Waals surface area contributed by atoms with Crippen LogP contribution in [0.3, 0.4) is 0 Å². The Balaban J connectivity index is 1.45.